The predicted octanol–water partition coefficient (Wildman–Crippen LogP) is 5.60. The lowest BCUT2D eigenvalue weighted by atomic mass is 9.97. The van der Waals surface area contributed by atoms with Gasteiger partial charge in [0.05, 0.1) is 33.2 Å². The summed E-state index contributed by atoms with van der Waals surface area (Å²) in [7, 11) is 0.325. The van der Waals surface area contributed by atoms with Crippen LogP contribution < -0.4 is 21.3 Å². The third-order valence-electron chi connectivity index (χ3n) is 10.4. The number of carbonyl (C=O) groups excluding carboxylic acids is 2. The third-order valence-corrected chi connectivity index (χ3v) is 12.7. The molecule has 61 heavy (non-hydrogen) atoms. The number of benzene rings is 2. The molecular formula is C42H40F2N8O8S. The number of methoxy groups -OCH3 is 1. The molecule has 2 aromatic carbocycles. The van der Waals surface area contributed by atoms with Gasteiger partial charge < -0.3 is 14.8 Å². The molecule has 1 aliphatic carbocycles. The first kappa shape index (κ1) is 41.3. The van der Waals surface area contributed by atoms with E-state index in [0.717, 1.165) is 47.1 Å². The number of aromatic nitrogens is 6. The standard InChI is InChI=1S/C42H40F2N8O8S/c1-51-36-22-45-15-14-30(36)40(54)52(42(51)56)38-13-8-25(19-48-38)16-35(41(55)60-28-6-4-3-5-7-28)49-39(53)31-17-33(44)34(18-32(31)43)50-61(58-24-59-61)29-11-9-26(10-12-29)27-20-46-37(23-57-2)47-21-27/h8-15,17-22,28,35,50H,3-7,16,23-24H2,1-2H3,(H,49,53)/t35-/m0/s1. The van der Waals surface area contributed by atoms with Crippen LogP contribution >= 0.6 is 10.8 Å². The number of amides is 1. The van der Waals surface area contributed by atoms with Crippen molar-refractivity contribution in [2.45, 2.75) is 62.2 Å². The molecule has 1 amide bonds. The Morgan fingerprint density at radius 1 is 0.918 bits per heavy atom. The first-order valence-corrected chi connectivity index (χ1v) is 20.8. The monoisotopic (exact) mass is 854 g/mol. The zero-order chi connectivity index (χ0) is 42.7. The number of anilines is 1. The summed E-state index contributed by atoms with van der Waals surface area (Å²) in [6, 6.07) is 11.7. The molecule has 19 heteroatoms. The maximum absolute atomic E-state index is 15.8. The Morgan fingerprint density at radius 3 is 2.34 bits per heavy atom. The van der Waals surface area contributed by atoms with E-state index < -0.39 is 57.1 Å². The molecule has 1 saturated heterocycles. The molecule has 6 aromatic rings. The van der Waals surface area contributed by atoms with Crippen molar-refractivity contribution >= 4 is 39.2 Å². The van der Waals surface area contributed by atoms with Crippen LogP contribution in [0.15, 0.2) is 100 Å². The van der Waals surface area contributed by atoms with Gasteiger partial charge in [0.1, 0.15) is 36.2 Å². The van der Waals surface area contributed by atoms with Crippen LogP contribution in [0.5, 0.6) is 0 Å². The van der Waals surface area contributed by atoms with Crippen LogP contribution in [-0.2, 0) is 42.7 Å². The number of halogens is 2. The second-order valence-electron chi connectivity index (χ2n) is 14.4. The smallest absolute Gasteiger partial charge is 0.337 e. The van der Waals surface area contributed by atoms with Crippen molar-refractivity contribution < 1.29 is 36.2 Å². The predicted molar refractivity (Wildman–Crippen MR) is 219 cm³/mol. The van der Waals surface area contributed by atoms with Gasteiger partial charge in [-0.1, -0.05) is 35.4 Å². The first-order valence-electron chi connectivity index (χ1n) is 19.3. The maximum Gasteiger partial charge on any atom is 0.337 e. The summed E-state index contributed by atoms with van der Waals surface area (Å²) in [5.41, 5.74) is 0.125. The van der Waals surface area contributed by atoms with Crippen LogP contribution in [0, 0.1) is 11.6 Å². The van der Waals surface area contributed by atoms with Gasteiger partial charge in [0.15, 0.2) is 12.6 Å². The summed E-state index contributed by atoms with van der Waals surface area (Å²) in [5.74, 6) is -3.31. The average molecular weight is 855 g/mol. The van der Waals surface area contributed by atoms with Gasteiger partial charge in [-0.15, -0.1) is 0 Å². The van der Waals surface area contributed by atoms with E-state index in [9.17, 15) is 19.2 Å². The van der Waals surface area contributed by atoms with Crippen LogP contribution in [0.4, 0.5) is 14.5 Å². The second-order valence-corrected chi connectivity index (χ2v) is 16.6. The minimum atomic E-state index is -2.74. The Balaban J connectivity index is 1.00. The van der Waals surface area contributed by atoms with E-state index in [0.29, 0.717) is 34.6 Å². The summed E-state index contributed by atoms with van der Waals surface area (Å²) in [6.07, 6.45) is 11.1. The van der Waals surface area contributed by atoms with Crippen molar-refractivity contribution in [3.05, 3.63) is 135 Å². The average Bonchev–Trinajstić information content (AvgIpc) is 3.26. The van der Waals surface area contributed by atoms with Crippen LogP contribution in [0.2, 0.25) is 0 Å². The van der Waals surface area contributed by atoms with Crippen LogP contribution in [-0.4, -0.2) is 67.0 Å². The van der Waals surface area contributed by atoms with E-state index >= 15 is 8.78 Å². The Labute approximate surface area is 348 Å². The molecule has 0 radical (unpaired) electrons. The summed E-state index contributed by atoms with van der Waals surface area (Å²) >= 11 is 0. The maximum atomic E-state index is 15.8. The SMILES string of the molecule is COCc1ncc(-c2ccc(S3(Nc4cc(F)c(C(=O)N[C@@H](Cc5ccc(-n6c(=O)c7ccncc7n(C)c6=O)nc5)C(=O)OC5CCCCC5)cc4F)OCO3)cc2)cn1. The van der Waals surface area contributed by atoms with Crippen molar-refractivity contribution in [3.63, 3.8) is 0 Å². The second kappa shape index (κ2) is 17.7. The molecular weight excluding hydrogens is 815 g/mol. The number of nitrogens with zero attached hydrogens (tertiary/aromatic N) is 6. The van der Waals surface area contributed by atoms with Gasteiger partial charge in [-0.05, 0) is 67.1 Å². The normalized spacial score (nSPS) is 16.0. The number of carbonyl (C=O) groups is 2. The zero-order valence-corrected chi connectivity index (χ0v) is 33.8. The summed E-state index contributed by atoms with van der Waals surface area (Å²) < 4.78 is 59.1. The van der Waals surface area contributed by atoms with Gasteiger partial charge in [0.25, 0.3) is 11.5 Å². The van der Waals surface area contributed by atoms with Gasteiger partial charge >= 0.3 is 11.7 Å². The lowest BCUT2D eigenvalue weighted by molar-refractivity contribution is -0.152. The highest BCUT2D eigenvalue weighted by molar-refractivity contribution is 8.27. The fourth-order valence-corrected chi connectivity index (χ4v) is 8.87. The van der Waals surface area contributed by atoms with E-state index in [1.54, 1.807) is 49.8 Å². The minimum Gasteiger partial charge on any atom is -0.461 e. The topological polar surface area (TPSA) is 191 Å². The quantitative estimate of drug-likeness (QED) is 0.137. The minimum absolute atomic E-state index is 0.0300. The third kappa shape index (κ3) is 8.63. The van der Waals surface area contributed by atoms with Gasteiger partial charge in [0.2, 0.25) is 0 Å². The molecule has 1 saturated carbocycles. The van der Waals surface area contributed by atoms with Crippen molar-refractivity contribution in [1.82, 2.24) is 34.4 Å². The molecule has 8 rings (SSSR count). The number of fused-ring (bicyclic) bond motifs is 1. The highest BCUT2D eigenvalue weighted by Gasteiger charge is 2.35. The fourth-order valence-electron chi connectivity index (χ4n) is 7.14. The molecule has 5 heterocycles. The molecule has 316 valence electrons. The summed E-state index contributed by atoms with van der Waals surface area (Å²) in [6.45, 7) is 0.194. The van der Waals surface area contributed by atoms with E-state index in [-0.39, 0.29) is 42.8 Å². The van der Waals surface area contributed by atoms with Crippen LogP contribution in [0.25, 0.3) is 27.8 Å². The van der Waals surface area contributed by atoms with E-state index in [1.165, 1.54) is 42.3 Å². The molecule has 0 spiro atoms. The molecule has 2 N–H and O–H groups in total. The molecule has 0 unspecified atom stereocenters. The number of aryl methyl sites for hydroxylation is 1. The summed E-state index contributed by atoms with van der Waals surface area (Å²) in [4.78, 5) is 71.2. The van der Waals surface area contributed by atoms with Crippen LogP contribution in [0.3, 0.4) is 0 Å². The highest BCUT2D eigenvalue weighted by Crippen LogP contribution is 2.63. The number of hydrogen-bond donors (Lipinski definition) is 2. The largest absolute Gasteiger partial charge is 0.461 e. The van der Waals surface area contributed by atoms with E-state index in [2.05, 4.69) is 30.0 Å². The van der Waals surface area contributed by atoms with Gasteiger partial charge in [-0.2, -0.15) is 0 Å². The number of ether oxygens (including phenoxy) is 2. The summed E-state index contributed by atoms with van der Waals surface area (Å²) in [5, 5.41) is 2.79. The van der Waals surface area contributed by atoms with Crippen molar-refractivity contribution in [1.29, 1.82) is 0 Å². The number of nitrogens with one attached hydrogen (secondary N) is 2. The molecule has 4 aromatic heterocycles. The molecule has 16 nitrogen and oxygen atoms in total. The fraction of sp³-hybridized carbons (Fsp3) is 0.286. The van der Waals surface area contributed by atoms with Gasteiger partial charge in [-0.25, -0.2) is 46.3 Å². The Kier molecular flexibility index (Phi) is 12.0. The van der Waals surface area contributed by atoms with Crippen molar-refractivity contribution in [2.24, 2.45) is 7.05 Å². The van der Waals surface area contributed by atoms with Crippen molar-refractivity contribution in [3.8, 4) is 16.9 Å². The number of hydrogen-bond acceptors (Lipinski definition) is 13. The molecule has 2 aliphatic rings. The zero-order valence-electron chi connectivity index (χ0n) is 33.0. The lowest BCUT2D eigenvalue weighted by Crippen LogP contribution is -2.45. The van der Waals surface area contributed by atoms with E-state index in [4.69, 9.17) is 17.8 Å². The first-order chi connectivity index (χ1) is 29.5. The van der Waals surface area contributed by atoms with E-state index in [1.807, 2.05) is 0 Å². The number of rotatable bonds is 13. The Hall–Kier alpha value is -6.41. The number of pyridine rings is 2. The lowest BCUT2D eigenvalue weighted by Gasteiger charge is -2.50. The molecule has 2 fully saturated rings. The Morgan fingerprint density at radius 2 is 1.67 bits per heavy atom. The highest BCUT2D eigenvalue weighted by atomic mass is 32.3. The van der Waals surface area contributed by atoms with Crippen LogP contribution in [0.1, 0.15) is 53.8 Å². The molecule has 1 atom stereocenters. The Bertz CT molecular complexity index is 2710. The van der Waals surface area contributed by atoms with Crippen molar-refractivity contribution in [2.75, 3.05) is 18.6 Å². The molecule has 1 aliphatic heterocycles. The number of esters is 1. The van der Waals surface area contributed by atoms with Gasteiger partial charge in [-0.3, -0.25) is 23.9 Å². The van der Waals surface area contributed by atoms with Gasteiger partial charge in [0, 0.05) is 57.0 Å². The molecule has 0 bridgehead atoms.